The van der Waals surface area contributed by atoms with Crippen LogP contribution < -0.4 is 0 Å². The van der Waals surface area contributed by atoms with Crippen LogP contribution in [0.4, 0.5) is 13.6 Å². The molecule has 2 aromatic rings. The predicted molar refractivity (Wildman–Crippen MR) is 98.8 cm³/mol. The summed E-state index contributed by atoms with van der Waals surface area (Å²) in [5, 5.41) is 0. The summed E-state index contributed by atoms with van der Waals surface area (Å²) < 4.78 is 34.1. The van der Waals surface area contributed by atoms with Gasteiger partial charge in [0.2, 0.25) is 0 Å². The summed E-state index contributed by atoms with van der Waals surface area (Å²) in [4.78, 5) is 12.5. The van der Waals surface area contributed by atoms with E-state index in [2.05, 4.69) is 12.8 Å². The highest BCUT2D eigenvalue weighted by Gasteiger charge is 2.47. The molecule has 3 rings (SSSR count). The molecular weight excluding hydrogens is 356 g/mol. The van der Waals surface area contributed by atoms with Gasteiger partial charge in [0.15, 0.2) is 5.60 Å². The molecule has 0 heterocycles. The Kier molecular flexibility index (Phi) is 5.51. The van der Waals surface area contributed by atoms with Crippen LogP contribution in [0.3, 0.4) is 0 Å². The Bertz CT molecular complexity index is 711. The third kappa shape index (κ3) is 3.56. The first-order chi connectivity index (χ1) is 12.4. The molecule has 0 radical (unpaired) electrons. The highest BCUT2D eigenvalue weighted by molar-refractivity contribution is 7.78. The lowest BCUT2D eigenvalue weighted by molar-refractivity contribution is -0.0122. The molecule has 1 aliphatic rings. The van der Waals surface area contributed by atoms with E-state index in [4.69, 9.17) is 4.74 Å². The van der Waals surface area contributed by atoms with E-state index < -0.39 is 11.7 Å². The van der Waals surface area contributed by atoms with Crippen molar-refractivity contribution in [2.45, 2.75) is 31.3 Å². The van der Waals surface area contributed by atoms with Crippen molar-refractivity contribution in [3.8, 4) is 0 Å². The van der Waals surface area contributed by atoms with Crippen LogP contribution in [0, 0.1) is 17.6 Å². The monoisotopic (exact) mass is 377 g/mol. The number of benzene rings is 2. The Balaban J connectivity index is 2.20. The molecule has 0 aromatic heterocycles. The fraction of sp³-hybridized carbons (Fsp3) is 0.350. The van der Waals surface area contributed by atoms with E-state index in [1.165, 1.54) is 31.3 Å². The van der Waals surface area contributed by atoms with Crippen LogP contribution in [0.25, 0.3) is 0 Å². The number of thiol groups is 1. The van der Waals surface area contributed by atoms with Gasteiger partial charge in [-0.3, -0.25) is 4.31 Å². The molecule has 1 saturated carbocycles. The molecule has 3 nitrogen and oxygen atoms in total. The van der Waals surface area contributed by atoms with E-state index in [1.807, 2.05) is 0 Å². The largest absolute Gasteiger partial charge is 0.432 e. The van der Waals surface area contributed by atoms with E-state index in [0.717, 1.165) is 30.0 Å². The van der Waals surface area contributed by atoms with Crippen LogP contribution in [0.1, 0.15) is 36.8 Å². The van der Waals surface area contributed by atoms with Gasteiger partial charge in [0.05, 0.1) is 0 Å². The van der Waals surface area contributed by atoms with E-state index in [1.54, 1.807) is 24.3 Å². The Hall–Kier alpha value is -2.08. The topological polar surface area (TPSA) is 29.5 Å². The molecule has 0 atom stereocenters. The molecule has 2 aromatic carbocycles. The van der Waals surface area contributed by atoms with Crippen molar-refractivity contribution in [1.82, 2.24) is 4.31 Å². The third-order valence-corrected chi connectivity index (χ3v) is 5.15. The van der Waals surface area contributed by atoms with Gasteiger partial charge in [-0.05, 0) is 37.1 Å². The zero-order chi connectivity index (χ0) is 18.7. The van der Waals surface area contributed by atoms with E-state index in [-0.39, 0.29) is 17.6 Å². The second-order valence-electron chi connectivity index (χ2n) is 6.62. The van der Waals surface area contributed by atoms with Crippen molar-refractivity contribution in [2.24, 2.45) is 5.92 Å². The number of rotatable bonds is 4. The Morgan fingerprint density at radius 3 is 1.81 bits per heavy atom. The molecule has 1 amide bonds. The Labute approximate surface area is 157 Å². The highest BCUT2D eigenvalue weighted by Crippen LogP contribution is 2.48. The normalized spacial score (nSPS) is 15.1. The van der Waals surface area contributed by atoms with Crippen molar-refractivity contribution >= 4 is 18.9 Å². The average molecular weight is 377 g/mol. The summed E-state index contributed by atoms with van der Waals surface area (Å²) >= 11 is 4.04. The zero-order valence-corrected chi connectivity index (χ0v) is 15.4. The van der Waals surface area contributed by atoms with Gasteiger partial charge in [-0.25, -0.2) is 13.6 Å². The minimum Gasteiger partial charge on any atom is -0.432 e. The molecular formula is C20H21F2NO2S. The number of hydrogen-bond acceptors (Lipinski definition) is 3. The minimum absolute atomic E-state index is 0.00987. The van der Waals surface area contributed by atoms with Crippen molar-refractivity contribution in [1.29, 1.82) is 0 Å². The van der Waals surface area contributed by atoms with E-state index in [0.29, 0.717) is 11.1 Å². The van der Waals surface area contributed by atoms with Gasteiger partial charge >= 0.3 is 6.09 Å². The third-order valence-electron chi connectivity index (χ3n) is 4.99. The van der Waals surface area contributed by atoms with E-state index >= 15 is 0 Å². The molecule has 26 heavy (non-hydrogen) atoms. The van der Waals surface area contributed by atoms with Crippen LogP contribution in [0.2, 0.25) is 0 Å². The van der Waals surface area contributed by atoms with Crippen molar-refractivity contribution in [2.75, 3.05) is 7.05 Å². The molecule has 6 heteroatoms. The molecule has 0 bridgehead atoms. The molecule has 1 fully saturated rings. The second-order valence-corrected chi connectivity index (χ2v) is 7.22. The number of amides is 1. The predicted octanol–water partition coefficient (Wildman–Crippen LogP) is 5.31. The maximum atomic E-state index is 13.5. The standard InChI is InChI=1S/C20H21F2NO2S/c1-23(26)19(24)25-20(14-4-2-3-5-14,15-6-10-17(21)11-7-15)16-8-12-18(22)13-9-16/h6-14,26H,2-5H2,1H3. The number of nitrogens with zero attached hydrogens (tertiary/aromatic N) is 1. The number of ether oxygens (including phenoxy) is 1. The van der Waals surface area contributed by atoms with Crippen LogP contribution in [0.15, 0.2) is 48.5 Å². The van der Waals surface area contributed by atoms with Gasteiger partial charge in [0.25, 0.3) is 0 Å². The average Bonchev–Trinajstić information content (AvgIpc) is 3.16. The van der Waals surface area contributed by atoms with Crippen LogP contribution in [0.5, 0.6) is 0 Å². The van der Waals surface area contributed by atoms with Gasteiger partial charge in [-0.15, -0.1) is 0 Å². The molecule has 0 N–H and O–H groups in total. The van der Waals surface area contributed by atoms with Crippen LogP contribution >= 0.6 is 12.8 Å². The van der Waals surface area contributed by atoms with Crippen molar-refractivity contribution in [3.63, 3.8) is 0 Å². The summed E-state index contributed by atoms with van der Waals surface area (Å²) in [7, 11) is 1.49. The van der Waals surface area contributed by atoms with E-state index in [9.17, 15) is 13.6 Å². The maximum Gasteiger partial charge on any atom is 0.420 e. The second kappa shape index (κ2) is 7.66. The fourth-order valence-corrected chi connectivity index (χ4v) is 3.81. The van der Waals surface area contributed by atoms with Crippen molar-refractivity contribution < 1.29 is 18.3 Å². The van der Waals surface area contributed by atoms with Gasteiger partial charge in [0.1, 0.15) is 11.6 Å². The first-order valence-electron chi connectivity index (χ1n) is 8.61. The molecule has 138 valence electrons. The van der Waals surface area contributed by atoms with Crippen molar-refractivity contribution in [3.05, 3.63) is 71.3 Å². The number of carbonyl (C=O) groups excluding carboxylic acids is 1. The SMILES string of the molecule is CN(S)C(=O)OC(c1ccc(F)cc1)(c1ccc(F)cc1)C1CCCC1. The zero-order valence-electron chi connectivity index (χ0n) is 14.5. The van der Waals surface area contributed by atoms with Gasteiger partial charge in [0, 0.05) is 24.1 Å². The number of hydrogen-bond donors (Lipinski definition) is 1. The summed E-state index contributed by atoms with van der Waals surface area (Å²) in [5.74, 6) is -0.729. The molecule has 1 aliphatic carbocycles. The highest BCUT2D eigenvalue weighted by atomic mass is 32.1. The quantitative estimate of drug-likeness (QED) is 0.732. The fourth-order valence-electron chi connectivity index (χ4n) is 3.77. The molecule has 0 aliphatic heterocycles. The first-order valence-corrected chi connectivity index (χ1v) is 9.01. The lowest BCUT2D eigenvalue weighted by atomic mass is 9.75. The lowest BCUT2D eigenvalue weighted by Crippen LogP contribution is -2.42. The van der Waals surface area contributed by atoms with Gasteiger partial charge in [-0.2, -0.15) is 0 Å². The van der Waals surface area contributed by atoms with Crippen LogP contribution in [-0.2, 0) is 10.3 Å². The molecule has 0 unspecified atom stereocenters. The minimum atomic E-state index is -1.12. The Morgan fingerprint density at radius 2 is 1.42 bits per heavy atom. The lowest BCUT2D eigenvalue weighted by Gasteiger charge is -2.40. The molecule has 0 saturated heterocycles. The van der Waals surface area contributed by atoms with Gasteiger partial charge < -0.3 is 4.74 Å². The summed E-state index contributed by atoms with van der Waals surface area (Å²) in [5.41, 5.74) is 0.216. The molecule has 0 spiro atoms. The maximum absolute atomic E-state index is 13.5. The number of carbonyl (C=O) groups is 1. The summed E-state index contributed by atoms with van der Waals surface area (Å²) in [6.45, 7) is 0. The smallest absolute Gasteiger partial charge is 0.420 e. The first kappa shape index (κ1) is 18.7. The van der Waals surface area contributed by atoms with Crippen LogP contribution in [-0.4, -0.2) is 17.4 Å². The Morgan fingerprint density at radius 1 is 1.00 bits per heavy atom. The van der Waals surface area contributed by atoms with Gasteiger partial charge in [-0.1, -0.05) is 49.9 Å². The summed E-state index contributed by atoms with van der Waals surface area (Å²) in [6.07, 6.45) is 3.14. The summed E-state index contributed by atoms with van der Waals surface area (Å²) in [6, 6.07) is 11.9. The number of halogens is 2.